The van der Waals surface area contributed by atoms with Gasteiger partial charge in [0.2, 0.25) is 0 Å². The normalized spacial score (nSPS) is 15.4. The summed E-state index contributed by atoms with van der Waals surface area (Å²) >= 11 is 0. The van der Waals surface area contributed by atoms with Gasteiger partial charge >= 0.3 is 6.18 Å². The molecular formula is C18H19F3N4O. The number of carbonyl (C=O) groups excluding carboxylic acids is 1. The lowest BCUT2D eigenvalue weighted by Gasteiger charge is -2.21. The smallest absolute Gasteiger partial charge is 0.357 e. The number of amides is 1. The first kappa shape index (κ1) is 18.2. The Morgan fingerprint density at radius 1 is 1.04 bits per heavy atom. The van der Waals surface area contributed by atoms with Gasteiger partial charge in [0, 0.05) is 24.8 Å². The molecule has 1 aliphatic rings. The monoisotopic (exact) mass is 364 g/mol. The van der Waals surface area contributed by atoms with Gasteiger partial charge in [0.15, 0.2) is 0 Å². The van der Waals surface area contributed by atoms with Crippen LogP contribution in [0.5, 0.6) is 0 Å². The highest BCUT2D eigenvalue weighted by atomic mass is 19.4. The molecule has 8 heteroatoms. The van der Waals surface area contributed by atoms with Crippen LogP contribution in [-0.4, -0.2) is 29.0 Å². The zero-order valence-corrected chi connectivity index (χ0v) is 14.1. The summed E-state index contributed by atoms with van der Waals surface area (Å²) < 4.78 is 38.3. The Morgan fingerprint density at radius 2 is 1.77 bits per heavy atom. The Kier molecular flexibility index (Phi) is 5.39. The molecule has 138 valence electrons. The van der Waals surface area contributed by atoms with E-state index in [4.69, 9.17) is 0 Å². The molecule has 0 bridgehead atoms. The van der Waals surface area contributed by atoms with E-state index in [0.717, 1.165) is 38.1 Å². The van der Waals surface area contributed by atoms with Crippen molar-refractivity contribution in [3.63, 3.8) is 0 Å². The van der Waals surface area contributed by atoms with E-state index in [1.54, 1.807) is 6.07 Å². The second kappa shape index (κ2) is 7.72. The number of benzene rings is 1. The molecule has 1 amide bonds. The van der Waals surface area contributed by atoms with E-state index >= 15 is 0 Å². The molecule has 5 nitrogen and oxygen atoms in total. The number of aromatic nitrogens is 2. The Balaban J connectivity index is 1.75. The van der Waals surface area contributed by atoms with Gasteiger partial charge in [0.05, 0.1) is 5.56 Å². The fraction of sp³-hybridized carbons (Fsp3) is 0.389. The van der Waals surface area contributed by atoms with E-state index in [1.807, 2.05) is 0 Å². The summed E-state index contributed by atoms with van der Waals surface area (Å²) in [5.41, 5.74) is -0.625. The highest BCUT2D eigenvalue weighted by molar-refractivity contribution is 6.03. The summed E-state index contributed by atoms with van der Waals surface area (Å²) in [7, 11) is 0. The first-order valence-corrected chi connectivity index (χ1v) is 8.49. The highest BCUT2D eigenvalue weighted by Crippen LogP contribution is 2.30. The molecule has 0 radical (unpaired) electrons. The van der Waals surface area contributed by atoms with Crippen LogP contribution in [-0.2, 0) is 6.18 Å². The number of hydrogen-bond acceptors (Lipinski definition) is 4. The predicted octanol–water partition coefficient (Wildman–Crippen LogP) is 4.13. The quantitative estimate of drug-likeness (QED) is 0.890. The number of anilines is 2. The molecule has 1 fully saturated rings. The molecule has 0 unspecified atom stereocenters. The van der Waals surface area contributed by atoms with Crippen molar-refractivity contribution < 1.29 is 18.0 Å². The fourth-order valence-electron chi connectivity index (χ4n) is 2.91. The SMILES string of the molecule is O=C(Nc1cccc(C(F)(F)F)c1)c1cc(N2CCCCCC2)ncn1. The molecule has 1 aromatic heterocycles. The van der Waals surface area contributed by atoms with E-state index in [2.05, 4.69) is 20.2 Å². The topological polar surface area (TPSA) is 58.1 Å². The van der Waals surface area contributed by atoms with Crippen molar-refractivity contribution in [2.45, 2.75) is 31.9 Å². The second-order valence-electron chi connectivity index (χ2n) is 6.20. The van der Waals surface area contributed by atoms with Gasteiger partial charge in [0.25, 0.3) is 5.91 Å². The third-order valence-corrected chi connectivity index (χ3v) is 4.26. The van der Waals surface area contributed by atoms with Crippen molar-refractivity contribution in [2.24, 2.45) is 0 Å². The number of nitrogens with zero attached hydrogens (tertiary/aromatic N) is 3. The highest BCUT2D eigenvalue weighted by Gasteiger charge is 2.30. The van der Waals surface area contributed by atoms with Crippen LogP contribution in [0.15, 0.2) is 36.7 Å². The molecule has 0 atom stereocenters. The summed E-state index contributed by atoms with van der Waals surface area (Å²) in [6.45, 7) is 1.73. The molecule has 3 rings (SSSR count). The van der Waals surface area contributed by atoms with E-state index in [1.165, 1.54) is 31.3 Å². The van der Waals surface area contributed by atoms with Crippen molar-refractivity contribution in [3.05, 3.63) is 47.9 Å². The molecule has 0 saturated carbocycles. The Hall–Kier alpha value is -2.64. The van der Waals surface area contributed by atoms with Crippen LogP contribution in [0.3, 0.4) is 0 Å². The van der Waals surface area contributed by atoms with Crippen molar-refractivity contribution in [1.82, 2.24) is 9.97 Å². The largest absolute Gasteiger partial charge is 0.416 e. The third kappa shape index (κ3) is 4.50. The molecule has 2 aromatic rings. The first-order valence-electron chi connectivity index (χ1n) is 8.49. The summed E-state index contributed by atoms with van der Waals surface area (Å²) in [6.07, 6.45) is 1.32. The van der Waals surface area contributed by atoms with Gasteiger partial charge in [-0.05, 0) is 31.0 Å². The van der Waals surface area contributed by atoms with Gasteiger partial charge in [-0.3, -0.25) is 4.79 Å². The summed E-state index contributed by atoms with van der Waals surface area (Å²) in [6, 6.07) is 6.09. The predicted molar refractivity (Wildman–Crippen MR) is 92.1 cm³/mol. The number of hydrogen-bond donors (Lipinski definition) is 1. The Morgan fingerprint density at radius 3 is 2.46 bits per heavy atom. The van der Waals surface area contributed by atoms with Crippen molar-refractivity contribution in [2.75, 3.05) is 23.3 Å². The third-order valence-electron chi connectivity index (χ3n) is 4.26. The summed E-state index contributed by atoms with van der Waals surface area (Å²) in [5.74, 6) is 0.0962. The zero-order valence-electron chi connectivity index (χ0n) is 14.1. The van der Waals surface area contributed by atoms with Gasteiger partial charge < -0.3 is 10.2 Å². The maximum Gasteiger partial charge on any atom is 0.416 e. The average molecular weight is 364 g/mol. The average Bonchev–Trinajstić information content (AvgIpc) is 2.91. The van der Waals surface area contributed by atoms with Crippen LogP contribution in [0, 0.1) is 0 Å². The lowest BCUT2D eigenvalue weighted by Crippen LogP contribution is -2.25. The van der Waals surface area contributed by atoms with E-state index in [9.17, 15) is 18.0 Å². The lowest BCUT2D eigenvalue weighted by molar-refractivity contribution is -0.137. The van der Waals surface area contributed by atoms with Crippen LogP contribution < -0.4 is 10.2 Å². The summed E-state index contributed by atoms with van der Waals surface area (Å²) in [4.78, 5) is 22.7. The van der Waals surface area contributed by atoms with Crippen molar-refractivity contribution in [1.29, 1.82) is 0 Å². The van der Waals surface area contributed by atoms with Crippen LogP contribution in [0.1, 0.15) is 41.7 Å². The van der Waals surface area contributed by atoms with Gasteiger partial charge in [-0.2, -0.15) is 13.2 Å². The minimum Gasteiger partial charge on any atom is -0.357 e. The molecule has 1 aliphatic heterocycles. The zero-order chi connectivity index (χ0) is 18.6. The van der Waals surface area contributed by atoms with Gasteiger partial charge in [-0.1, -0.05) is 18.9 Å². The fourth-order valence-corrected chi connectivity index (χ4v) is 2.91. The van der Waals surface area contributed by atoms with Crippen LogP contribution >= 0.6 is 0 Å². The molecule has 1 N–H and O–H groups in total. The molecule has 1 saturated heterocycles. The minimum absolute atomic E-state index is 0.0692. The van der Waals surface area contributed by atoms with Gasteiger partial charge in [-0.15, -0.1) is 0 Å². The van der Waals surface area contributed by atoms with E-state index in [0.29, 0.717) is 5.82 Å². The molecule has 1 aromatic carbocycles. The van der Waals surface area contributed by atoms with Crippen LogP contribution in [0.25, 0.3) is 0 Å². The number of nitrogens with one attached hydrogen (secondary N) is 1. The number of carbonyl (C=O) groups is 1. The molecule has 0 spiro atoms. The molecular weight excluding hydrogens is 345 g/mol. The first-order chi connectivity index (χ1) is 12.4. The Bertz CT molecular complexity index is 771. The van der Waals surface area contributed by atoms with Crippen LogP contribution in [0.4, 0.5) is 24.7 Å². The van der Waals surface area contributed by atoms with Crippen LogP contribution in [0.2, 0.25) is 0 Å². The minimum atomic E-state index is -4.46. The number of halogens is 3. The standard InChI is InChI=1S/C18H19F3N4O/c19-18(20,21)13-6-5-7-14(10-13)24-17(26)15-11-16(23-12-22-15)25-8-3-1-2-4-9-25/h5-7,10-12H,1-4,8-9H2,(H,24,26). The molecule has 2 heterocycles. The van der Waals surface area contributed by atoms with Crippen molar-refractivity contribution >= 4 is 17.4 Å². The molecule has 26 heavy (non-hydrogen) atoms. The van der Waals surface area contributed by atoms with Gasteiger partial charge in [0.1, 0.15) is 17.8 Å². The van der Waals surface area contributed by atoms with Gasteiger partial charge in [-0.25, -0.2) is 9.97 Å². The number of rotatable bonds is 3. The second-order valence-corrected chi connectivity index (χ2v) is 6.20. The maximum absolute atomic E-state index is 12.8. The summed E-state index contributed by atoms with van der Waals surface area (Å²) in [5, 5.41) is 2.47. The number of alkyl halides is 3. The van der Waals surface area contributed by atoms with E-state index in [-0.39, 0.29) is 11.4 Å². The van der Waals surface area contributed by atoms with Crippen molar-refractivity contribution in [3.8, 4) is 0 Å². The lowest BCUT2D eigenvalue weighted by atomic mass is 10.2. The Labute approximate surface area is 149 Å². The van der Waals surface area contributed by atoms with E-state index < -0.39 is 17.6 Å². The maximum atomic E-state index is 12.8. The molecule has 0 aliphatic carbocycles.